The molecule has 0 aliphatic carbocycles. The van der Waals surface area contributed by atoms with E-state index >= 15 is 0 Å². The molecule has 1 N–H and O–H groups in total. The number of carbonyl (C=O) groups is 1. The van der Waals surface area contributed by atoms with Gasteiger partial charge in [0.05, 0.1) is 0 Å². The van der Waals surface area contributed by atoms with Gasteiger partial charge in [-0.25, -0.2) is 4.79 Å². The summed E-state index contributed by atoms with van der Waals surface area (Å²) in [7, 11) is 2.15. The molecule has 2 heterocycles. The summed E-state index contributed by atoms with van der Waals surface area (Å²) >= 11 is 6.06. The van der Waals surface area contributed by atoms with E-state index < -0.39 is 0 Å². The predicted octanol–water partition coefficient (Wildman–Crippen LogP) is 2.75. The van der Waals surface area contributed by atoms with Crippen LogP contribution in [0.5, 0.6) is 0 Å². The van der Waals surface area contributed by atoms with Gasteiger partial charge >= 0.3 is 6.03 Å². The molecule has 0 unspecified atom stereocenters. The number of hydrogen-bond acceptors (Lipinski definition) is 2. The number of piperidine rings is 1. The van der Waals surface area contributed by atoms with Crippen LogP contribution < -0.4 is 5.32 Å². The molecule has 1 fully saturated rings. The normalized spacial score (nSPS) is 22.3. The van der Waals surface area contributed by atoms with Crippen molar-refractivity contribution in [1.82, 2.24) is 15.1 Å². The third-order valence-electron chi connectivity index (χ3n) is 4.73. The van der Waals surface area contributed by atoms with E-state index in [9.17, 15) is 4.79 Å². The van der Waals surface area contributed by atoms with Gasteiger partial charge in [-0.05, 0) is 62.0 Å². The van der Waals surface area contributed by atoms with Gasteiger partial charge in [0.25, 0.3) is 0 Å². The lowest BCUT2D eigenvalue weighted by atomic mass is 9.98. The molecule has 0 radical (unpaired) electrons. The van der Waals surface area contributed by atoms with Crippen LogP contribution in [0.1, 0.15) is 24.0 Å². The highest BCUT2D eigenvalue weighted by Crippen LogP contribution is 2.22. The highest BCUT2D eigenvalue weighted by atomic mass is 35.5. The number of carbonyl (C=O) groups excluding carboxylic acids is 1. The SMILES string of the molecule is CN1CCC[C@@H](CNC(=O)N2CCc3ccc(Cl)cc3C2)C1. The Morgan fingerprint density at radius 3 is 3.05 bits per heavy atom. The number of urea groups is 1. The van der Waals surface area contributed by atoms with Crippen molar-refractivity contribution >= 4 is 17.6 Å². The Kier molecular flexibility index (Phi) is 4.89. The summed E-state index contributed by atoms with van der Waals surface area (Å²) in [6.45, 7) is 4.48. The molecule has 4 nitrogen and oxygen atoms in total. The van der Waals surface area contributed by atoms with Crippen LogP contribution in [0.4, 0.5) is 4.79 Å². The molecule has 0 bridgehead atoms. The average Bonchev–Trinajstić information content (AvgIpc) is 2.52. The Morgan fingerprint density at radius 1 is 1.36 bits per heavy atom. The third-order valence-corrected chi connectivity index (χ3v) is 4.97. The topological polar surface area (TPSA) is 35.6 Å². The lowest BCUT2D eigenvalue weighted by molar-refractivity contribution is 0.179. The second-order valence-electron chi connectivity index (χ2n) is 6.54. The maximum atomic E-state index is 12.4. The molecule has 0 spiro atoms. The van der Waals surface area contributed by atoms with Gasteiger partial charge in [-0.2, -0.15) is 0 Å². The molecular formula is C17H24ClN3O. The van der Waals surface area contributed by atoms with E-state index in [1.165, 1.54) is 30.5 Å². The van der Waals surface area contributed by atoms with Crippen LogP contribution >= 0.6 is 11.6 Å². The summed E-state index contributed by atoms with van der Waals surface area (Å²) in [4.78, 5) is 16.6. The van der Waals surface area contributed by atoms with Gasteiger partial charge in [0, 0.05) is 31.2 Å². The van der Waals surface area contributed by atoms with Crippen LogP contribution in [-0.2, 0) is 13.0 Å². The van der Waals surface area contributed by atoms with Gasteiger partial charge in [-0.1, -0.05) is 17.7 Å². The highest BCUT2D eigenvalue weighted by Gasteiger charge is 2.22. The minimum absolute atomic E-state index is 0.0545. The number of nitrogens with zero attached hydrogens (tertiary/aromatic N) is 2. The smallest absolute Gasteiger partial charge is 0.317 e. The minimum Gasteiger partial charge on any atom is -0.338 e. The van der Waals surface area contributed by atoms with Crippen LogP contribution in [0.25, 0.3) is 0 Å². The molecule has 120 valence electrons. The fraction of sp³-hybridized carbons (Fsp3) is 0.588. The highest BCUT2D eigenvalue weighted by molar-refractivity contribution is 6.30. The molecule has 0 saturated carbocycles. The number of rotatable bonds is 2. The van der Waals surface area contributed by atoms with Crippen LogP contribution in [-0.4, -0.2) is 49.1 Å². The average molecular weight is 322 g/mol. The monoisotopic (exact) mass is 321 g/mol. The summed E-state index contributed by atoms with van der Waals surface area (Å²) in [5.74, 6) is 0.578. The van der Waals surface area contributed by atoms with E-state index in [-0.39, 0.29) is 6.03 Å². The van der Waals surface area contributed by atoms with Gasteiger partial charge in [-0.3, -0.25) is 0 Å². The zero-order valence-electron chi connectivity index (χ0n) is 13.1. The molecule has 0 aromatic heterocycles. The van der Waals surface area contributed by atoms with E-state index in [0.29, 0.717) is 12.5 Å². The molecule has 2 aliphatic rings. The van der Waals surface area contributed by atoms with Gasteiger partial charge in [0.15, 0.2) is 0 Å². The Bertz CT molecular complexity index is 549. The number of nitrogens with one attached hydrogen (secondary N) is 1. The molecule has 1 saturated heterocycles. The van der Waals surface area contributed by atoms with Crippen LogP contribution in [0, 0.1) is 5.92 Å². The predicted molar refractivity (Wildman–Crippen MR) is 89.2 cm³/mol. The van der Waals surface area contributed by atoms with Crippen molar-refractivity contribution < 1.29 is 4.79 Å². The summed E-state index contributed by atoms with van der Waals surface area (Å²) in [5.41, 5.74) is 2.48. The fourth-order valence-corrected chi connectivity index (χ4v) is 3.68. The van der Waals surface area contributed by atoms with Crippen LogP contribution in [0.2, 0.25) is 5.02 Å². The number of amides is 2. The van der Waals surface area contributed by atoms with Crippen molar-refractivity contribution in [2.24, 2.45) is 5.92 Å². The summed E-state index contributed by atoms with van der Waals surface area (Å²) in [6.07, 6.45) is 3.35. The zero-order chi connectivity index (χ0) is 15.5. The number of halogens is 1. The van der Waals surface area contributed by atoms with Crippen molar-refractivity contribution in [3.63, 3.8) is 0 Å². The standard InChI is InChI=1S/C17H24ClN3O/c1-20-7-2-3-13(11-20)10-19-17(22)21-8-6-14-4-5-16(18)9-15(14)12-21/h4-5,9,13H,2-3,6-8,10-12H2,1H3,(H,19,22)/t13-/m0/s1. The lowest BCUT2D eigenvalue weighted by Crippen LogP contribution is -2.46. The number of benzene rings is 1. The Balaban J connectivity index is 1.53. The second-order valence-corrected chi connectivity index (χ2v) is 6.98. The van der Waals surface area contributed by atoms with E-state index in [1.54, 1.807) is 0 Å². The van der Waals surface area contributed by atoms with Gasteiger partial charge < -0.3 is 15.1 Å². The van der Waals surface area contributed by atoms with Crippen LogP contribution in [0.3, 0.4) is 0 Å². The third kappa shape index (κ3) is 3.73. The summed E-state index contributed by atoms with van der Waals surface area (Å²) in [6, 6.07) is 6.03. The van der Waals surface area contributed by atoms with Gasteiger partial charge in [-0.15, -0.1) is 0 Å². The van der Waals surface area contributed by atoms with E-state index in [2.05, 4.69) is 23.3 Å². The maximum Gasteiger partial charge on any atom is 0.317 e. The molecule has 22 heavy (non-hydrogen) atoms. The largest absolute Gasteiger partial charge is 0.338 e. The molecule has 1 aromatic rings. The van der Waals surface area contributed by atoms with E-state index in [1.807, 2.05) is 17.0 Å². The maximum absolute atomic E-state index is 12.4. The number of hydrogen-bond donors (Lipinski definition) is 1. The molecule has 2 aliphatic heterocycles. The molecule has 1 aromatic carbocycles. The zero-order valence-corrected chi connectivity index (χ0v) is 13.9. The quantitative estimate of drug-likeness (QED) is 0.909. The lowest BCUT2D eigenvalue weighted by Gasteiger charge is -2.32. The van der Waals surface area contributed by atoms with Crippen molar-refractivity contribution in [3.05, 3.63) is 34.3 Å². The first-order valence-corrected chi connectivity index (χ1v) is 8.48. The van der Waals surface area contributed by atoms with Gasteiger partial charge in [0.1, 0.15) is 0 Å². The molecule has 3 rings (SSSR count). The Hall–Kier alpha value is -1.26. The van der Waals surface area contributed by atoms with Crippen molar-refractivity contribution in [2.75, 3.05) is 33.2 Å². The first-order chi connectivity index (χ1) is 10.6. The molecule has 5 heteroatoms. The summed E-state index contributed by atoms with van der Waals surface area (Å²) in [5, 5.41) is 3.86. The van der Waals surface area contributed by atoms with Crippen molar-refractivity contribution in [3.8, 4) is 0 Å². The fourth-order valence-electron chi connectivity index (χ4n) is 3.48. The van der Waals surface area contributed by atoms with Crippen molar-refractivity contribution in [2.45, 2.75) is 25.8 Å². The first-order valence-electron chi connectivity index (χ1n) is 8.10. The Labute approximate surface area is 137 Å². The van der Waals surface area contributed by atoms with Crippen LogP contribution in [0.15, 0.2) is 18.2 Å². The van der Waals surface area contributed by atoms with E-state index in [4.69, 9.17) is 11.6 Å². The minimum atomic E-state index is 0.0545. The van der Waals surface area contributed by atoms with Crippen molar-refractivity contribution in [1.29, 1.82) is 0 Å². The van der Waals surface area contributed by atoms with E-state index in [0.717, 1.165) is 31.1 Å². The number of likely N-dealkylation sites (tertiary alicyclic amines) is 1. The number of fused-ring (bicyclic) bond motifs is 1. The molecular weight excluding hydrogens is 298 g/mol. The summed E-state index contributed by atoms with van der Waals surface area (Å²) < 4.78 is 0. The molecule has 2 amide bonds. The van der Waals surface area contributed by atoms with Gasteiger partial charge in [0.2, 0.25) is 0 Å². The first kappa shape index (κ1) is 15.6. The molecule has 1 atom stereocenters. The second kappa shape index (κ2) is 6.88. The Morgan fingerprint density at radius 2 is 2.23 bits per heavy atom.